The van der Waals surface area contributed by atoms with Crippen LogP contribution in [0.4, 0.5) is 4.39 Å². The van der Waals surface area contributed by atoms with Gasteiger partial charge in [-0.15, -0.1) is 0 Å². The molecule has 1 aromatic rings. The van der Waals surface area contributed by atoms with Crippen LogP contribution in [0.25, 0.3) is 0 Å². The maximum atomic E-state index is 13.1. The van der Waals surface area contributed by atoms with Gasteiger partial charge >= 0.3 is 0 Å². The van der Waals surface area contributed by atoms with E-state index in [1.54, 1.807) is 12.1 Å². The van der Waals surface area contributed by atoms with E-state index in [9.17, 15) is 4.39 Å². The highest BCUT2D eigenvalue weighted by atomic mass is 79.9. The van der Waals surface area contributed by atoms with Crippen molar-refractivity contribution < 1.29 is 4.39 Å². The van der Waals surface area contributed by atoms with Gasteiger partial charge in [0.15, 0.2) is 0 Å². The van der Waals surface area contributed by atoms with E-state index in [-0.39, 0.29) is 5.82 Å². The minimum Gasteiger partial charge on any atom is -0.313 e. The average Bonchev–Trinajstić information content (AvgIpc) is 2.44. The van der Waals surface area contributed by atoms with Crippen molar-refractivity contribution in [2.45, 2.75) is 32.7 Å². The maximum absolute atomic E-state index is 13.1. The zero-order valence-corrected chi connectivity index (χ0v) is 13.8. The number of hydrogen-bond donors (Lipinski definition) is 1. The molecule has 0 bridgehead atoms. The molecule has 112 valence electrons. The van der Waals surface area contributed by atoms with Crippen molar-refractivity contribution in [2.24, 2.45) is 5.92 Å². The highest BCUT2D eigenvalue weighted by Gasteiger charge is 2.14. The largest absolute Gasteiger partial charge is 0.313 e. The van der Waals surface area contributed by atoms with Crippen molar-refractivity contribution in [3.05, 3.63) is 34.1 Å². The monoisotopic (exact) mass is 342 g/mol. The van der Waals surface area contributed by atoms with Crippen molar-refractivity contribution in [3.8, 4) is 0 Å². The molecule has 2 nitrogen and oxygen atoms in total. The average molecular weight is 343 g/mol. The molecule has 0 aromatic heterocycles. The van der Waals surface area contributed by atoms with E-state index in [1.165, 1.54) is 38.5 Å². The summed E-state index contributed by atoms with van der Waals surface area (Å²) in [4.78, 5) is 2.56. The second-order valence-electron chi connectivity index (χ2n) is 5.79. The molecule has 0 spiro atoms. The van der Waals surface area contributed by atoms with Gasteiger partial charge in [0.2, 0.25) is 0 Å². The molecule has 1 heterocycles. The van der Waals surface area contributed by atoms with Gasteiger partial charge in [0.05, 0.1) is 0 Å². The lowest BCUT2D eigenvalue weighted by Crippen LogP contribution is -2.34. The Morgan fingerprint density at radius 1 is 1.35 bits per heavy atom. The summed E-state index contributed by atoms with van der Waals surface area (Å²) in [6.07, 6.45) is 3.83. The van der Waals surface area contributed by atoms with Crippen LogP contribution in [0.3, 0.4) is 0 Å². The van der Waals surface area contributed by atoms with Crippen LogP contribution in [-0.2, 0) is 6.54 Å². The number of halogens is 2. The first-order valence-electron chi connectivity index (χ1n) is 7.52. The third kappa shape index (κ3) is 5.15. The Kier molecular flexibility index (Phi) is 6.46. The third-order valence-corrected chi connectivity index (χ3v) is 4.80. The third-order valence-electron chi connectivity index (χ3n) is 4.03. The van der Waals surface area contributed by atoms with Crippen molar-refractivity contribution in [3.63, 3.8) is 0 Å². The van der Waals surface area contributed by atoms with Crippen LogP contribution in [0.15, 0.2) is 22.7 Å². The van der Waals surface area contributed by atoms with Gasteiger partial charge < -0.3 is 10.2 Å². The van der Waals surface area contributed by atoms with E-state index in [2.05, 4.69) is 33.1 Å². The fourth-order valence-electron chi connectivity index (χ4n) is 2.62. The van der Waals surface area contributed by atoms with Crippen molar-refractivity contribution in [1.82, 2.24) is 10.2 Å². The maximum Gasteiger partial charge on any atom is 0.123 e. The lowest BCUT2D eigenvalue weighted by atomic mass is 9.99. The zero-order valence-electron chi connectivity index (χ0n) is 12.2. The summed E-state index contributed by atoms with van der Waals surface area (Å²) in [5.41, 5.74) is 0.983. The van der Waals surface area contributed by atoms with Crippen molar-refractivity contribution in [1.29, 1.82) is 0 Å². The van der Waals surface area contributed by atoms with Crippen molar-refractivity contribution in [2.75, 3.05) is 26.2 Å². The molecule has 2 rings (SSSR count). The van der Waals surface area contributed by atoms with E-state index >= 15 is 0 Å². The molecule has 1 N–H and O–H groups in total. The van der Waals surface area contributed by atoms with Crippen LogP contribution < -0.4 is 5.32 Å². The molecule has 20 heavy (non-hydrogen) atoms. The summed E-state index contributed by atoms with van der Waals surface area (Å²) < 4.78 is 14.1. The van der Waals surface area contributed by atoms with Gasteiger partial charge in [-0.3, -0.25) is 0 Å². The Hall–Kier alpha value is -0.450. The number of likely N-dealkylation sites (tertiary alicyclic amines) is 1. The second-order valence-corrected chi connectivity index (χ2v) is 6.64. The lowest BCUT2D eigenvalue weighted by Gasteiger charge is -2.30. The summed E-state index contributed by atoms with van der Waals surface area (Å²) in [6.45, 7) is 7.71. The fourth-order valence-corrected chi connectivity index (χ4v) is 3.00. The Bertz CT molecular complexity index is 417. The molecule has 0 aliphatic carbocycles. The molecule has 0 amide bonds. The minimum absolute atomic E-state index is 0.174. The lowest BCUT2D eigenvalue weighted by molar-refractivity contribution is 0.190. The van der Waals surface area contributed by atoms with Gasteiger partial charge in [0, 0.05) is 11.0 Å². The first-order valence-corrected chi connectivity index (χ1v) is 8.31. The Morgan fingerprint density at radius 2 is 2.10 bits per heavy atom. The van der Waals surface area contributed by atoms with Gasteiger partial charge in [-0.2, -0.15) is 0 Å². The Morgan fingerprint density at radius 3 is 2.85 bits per heavy atom. The number of rotatable bonds is 6. The number of hydrogen-bond acceptors (Lipinski definition) is 2. The smallest absolute Gasteiger partial charge is 0.123 e. The molecule has 4 heteroatoms. The summed E-state index contributed by atoms with van der Waals surface area (Å²) >= 11 is 3.45. The number of nitrogens with zero attached hydrogens (tertiary/aromatic N) is 1. The van der Waals surface area contributed by atoms with Gasteiger partial charge in [-0.25, -0.2) is 4.39 Å². The van der Waals surface area contributed by atoms with E-state index < -0.39 is 0 Å². The van der Waals surface area contributed by atoms with E-state index in [4.69, 9.17) is 0 Å². The summed E-state index contributed by atoms with van der Waals surface area (Å²) in [5, 5.41) is 3.39. The first kappa shape index (κ1) is 15.9. The topological polar surface area (TPSA) is 15.3 Å². The predicted molar refractivity (Wildman–Crippen MR) is 85.3 cm³/mol. The highest BCUT2D eigenvalue weighted by molar-refractivity contribution is 9.10. The summed E-state index contributed by atoms with van der Waals surface area (Å²) in [5.74, 6) is 0.724. The van der Waals surface area contributed by atoms with Crippen LogP contribution in [-0.4, -0.2) is 31.1 Å². The SMILES string of the molecule is CC1CCN(CCCNCc2cc(F)ccc2Br)CC1. The molecule has 0 atom stereocenters. The van der Waals surface area contributed by atoms with Crippen LogP contribution in [0.2, 0.25) is 0 Å². The Labute approximate surface area is 129 Å². The fraction of sp³-hybridized carbons (Fsp3) is 0.625. The van der Waals surface area contributed by atoms with Gasteiger partial charge in [0.1, 0.15) is 5.82 Å². The van der Waals surface area contributed by atoms with Gasteiger partial charge in [-0.1, -0.05) is 22.9 Å². The first-order chi connectivity index (χ1) is 9.65. The zero-order chi connectivity index (χ0) is 14.4. The predicted octanol–water partition coefficient (Wildman–Crippen LogP) is 3.80. The van der Waals surface area contributed by atoms with Crippen LogP contribution >= 0.6 is 15.9 Å². The normalized spacial score (nSPS) is 17.6. The van der Waals surface area contributed by atoms with Crippen LogP contribution in [0, 0.1) is 11.7 Å². The molecule has 1 saturated heterocycles. The van der Waals surface area contributed by atoms with E-state index in [0.29, 0.717) is 0 Å². The second kappa shape index (κ2) is 8.11. The standard InChI is InChI=1S/C16H24BrFN2/c1-13-5-9-20(10-6-13)8-2-7-19-12-14-11-15(18)3-4-16(14)17/h3-4,11,13,19H,2,5-10,12H2,1H3. The molecular formula is C16H24BrFN2. The van der Waals surface area contributed by atoms with E-state index in [0.717, 1.165) is 35.5 Å². The molecule has 1 aliphatic rings. The number of piperidine rings is 1. The molecule has 1 fully saturated rings. The van der Waals surface area contributed by atoms with Crippen molar-refractivity contribution >= 4 is 15.9 Å². The highest BCUT2D eigenvalue weighted by Crippen LogP contribution is 2.18. The Balaban J connectivity index is 1.61. The van der Waals surface area contributed by atoms with Gasteiger partial charge in [0.25, 0.3) is 0 Å². The summed E-state index contributed by atoms with van der Waals surface area (Å²) in [7, 11) is 0. The molecule has 1 aliphatic heterocycles. The molecular weight excluding hydrogens is 319 g/mol. The molecule has 0 saturated carbocycles. The molecule has 0 unspecified atom stereocenters. The van der Waals surface area contributed by atoms with Crippen LogP contribution in [0.5, 0.6) is 0 Å². The number of benzene rings is 1. The van der Waals surface area contributed by atoms with Gasteiger partial charge in [-0.05, 0) is 75.1 Å². The molecule has 0 radical (unpaired) electrons. The number of nitrogens with one attached hydrogen (secondary N) is 1. The minimum atomic E-state index is -0.174. The summed E-state index contributed by atoms with van der Waals surface area (Å²) in [6, 6.07) is 4.83. The molecule has 1 aromatic carbocycles. The van der Waals surface area contributed by atoms with E-state index in [1.807, 2.05) is 0 Å². The quantitative estimate of drug-likeness (QED) is 0.791. The van der Waals surface area contributed by atoms with Crippen LogP contribution in [0.1, 0.15) is 31.7 Å².